The van der Waals surface area contributed by atoms with E-state index in [0.717, 1.165) is 0 Å². The highest BCUT2D eigenvalue weighted by atomic mass is 16.4. The predicted octanol–water partition coefficient (Wildman–Crippen LogP) is 1.15. The van der Waals surface area contributed by atoms with Crippen molar-refractivity contribution >= 4 is 23.5 Å². The number of aliphatic carboxylic acids is 1. The molecule has 0 aliphatic carbocycles. The molecule has 1 aromatic rings. The van der Waals surface area contributed by atoms with Gasteiger partial charge in [0.1, 0.15) is 0 Å². The van der Waals surface area contributed by atoms with Gasteiger partial charge in [0.15, 0.2) is 5.54 Å². The molecule has 24 heavy (non-hydrogen) atoms. The molecule has 1 aliphatic rings. The minimum absolute atomic E-state index is 0.00782. The maximum atomic E-state index is 12.3. The average molecular weight is 336 g/mol. The number of carbonyl (C=O) groups is 3. The lowest BCUT2D eigenvalue weighted by Crippen LogP contribution is -2.36. The predicted molar refractivity (Wildman–Crippen MR) is 87.3 cm³/mol. The molecule has 132 valence electrons. The molecular weight excluding hydrogens is 312 g/mol. The molecule has 1 atom stereocenters. The topological polar surface area (TPSA) is 105 Å². The van der Waals surface area contributed by atoms with Crippen molar-refractivity contribution in [1.29, 1.82) is 0 Å². The third kappa shape index (κ3) is 3.74. The Morgan fingerprint density at radius 1 is 1.46 bits per heavy atom. The lowest BCUT2D eigenvalue weighted by molar-refractivity contribution is -0.146. The lowest BCUT2D eigenvalue weighted by atomic mass is 10.1. The Morgan fingerprint density at radius 2 is 2.12 bits per heavy atom. The van der Waals surface area contributed by atoms with Crippen molar-refractivity contribution in [2.24, 2.45) is 11.8 Å². The molecule has 1 aromatic heterocycles. The SMILES string of the molecule is CC(C)CN1CC(C(=O)Nc2cnn(C(C)(C)C(=O)O)c2)CC1=O. The van der Waals surface area contributed by atoms with Gasteiger partial charge in [-0.05, 0) is 19.8 Å². The van der Waals surface area contributed by atoms with E-state index in [1.165, 1.54) is 30.9 Å². The van der Waals surface area contributed by atoms with E-state index < -0.39 is 17.4 Å². The van der Waals surface area contributed by atoms with Crippen LogP contribution in [0.4, 0.5) is 5.69 Å². The Kier molecular flexibility index (Phi) is 4.96. The Morgan fingerprint density at radius 3 is 2.71 bits per heavy atom. The molecule has 1 fully saturated rings. The minimum atomic E-state index is -1.21. The van der Waals surface area contributed by atoms with Gasteiger partial charge in [-0.15, -0.1) is 0 Å². The molecule has 0 radical (unpaired) electrons. The normalized spacial score (nSPS) is 18.3. The van der Waals surface area contributed by atoms with Crippen LogP contribution in [0.5, 0.6) is 0 Å². The van der Waals surface area contributed by atoms with Gasteiger partial charge in [0.05, 0.1) is 17.8 Å². The molecule has 2 N–H and O–H groups in total. The Hall–Kier alpha value is -2.38. The van der Waals surface area contributed by atoms with Gasteiger partial charge in [0.2, 0.25) is 11.8 Å². The summed E-state index contributed by atoms with van der Waals surface area (Å²) in [5, 5.41) is 15.9. The summed E-state index contributed by atoms with van der Waals surface area (Å²) in [6, 6.07) is 0. The second-order valence-electron chi connectivity index (χ2n) is 7.12. The number of anilines is 1. The molecule has 2 heterocycles. The van der Waals surface area contributed by atoms with E-state index in [-0.39, 0.29) is 18.2 Å². The first kappa shape index (κ1) is 18.0. The van der Waals surface area contributed by atoms with Crippen LogP contribution in [0.15, 0.2) is 12.4 Å². The molecule has 1 saturated heterocycles. The van der Waals surface area contributed by atoms with E-state index in [4.69, 9.17) is 0 Å². The van der Waals surface area contributed by atoms with Crippen molar-refractivity contribution in [1.82, 2.24) is 14.7 Å². The zero-order chi connectivity index (χ0) is 18.1. The first-order chi connectivity index (χ1) is 11.1. The Bertz CT molecular complexity index is 650. The highest BCUT2D eigenvalue weighted by Gasteiger charge is 2.35. The van der Waals surface area contributed by atoms with Crippen molar-refractivity contribution in [2.45, 2.75) is 39.7 Å². The number of carbonyl (C=O) groups excluding carboxylic acids is 2. The lowest BCUT2D eigenvalue weighted by Gasteiger charge is -2.19. The van der Waals surface area contributed by atoms with Crippen LogP contribution in [0, 0.1) is 11.8 Å². The second kappa shape index (κ2) is 6.62. The Balaban J connectivity index is 2.00. The summed E-state index contributed by atoms with van der Waals surface area (Å²) in [4.78, 5) is 37.2. The van der Waals surface area contributed by atoms with E-state index in [1.807, 2.05) is 13.8 Å². The van der Waals surface area contributed by atoms with Gasteiger partial charge in [0.25, 0.3) is 0 Å². The fraction of sp³-hybridized carbons (Fsp3) is 0.625. The summed E-state index contributed by atoms with van der Waals surface area (Å²) >= 11 is 0. The molecule has 1 unspecified atom stereocenters. The molecule has 2 amide bonds. The number of likely N-dealkylation sites (tertiary alicyclic amines) is 1. The number of hydrogen-bond donors (Lipinski definition) is 2. The number of nitrogens with zero attached hydrogens (tertiary/aromatic N) is 3. The van der Waals surface area contributed by atoms with Crippen LogP contribution < -0.4 is 5.32 Å². The van der Waals surface area contributed by atoms with E-state index in [2.05, 4.69) is 10.4 Å². The average Bonchev–Trinajstić information content (AvgIpc) is 3.06. The molecule has 0 spiro atoms. The minimum Gasteiger partial charge on any atom is -0.479 e. The van der Waals surface area contributed by atoms with Gasteiger partial charge in [-0.25, -0.2) is 4.79 Å². The second-order valence-corrected chi connectivity index (χ2v) is 7.12. The van der Waals surface area contributed by atoms with Gasteiger partial charge in [-0.2, -0.15) is 5.10 Å². The molecular formula is C16H24N4O4. The van der Waals surface area contributed by atoms with Crippen LogP contribution in [-0.2, 0) is 19.9 Å². The Labute approximate surface area is 140 Å². The zero-order valence-corrected chi connectivity index (χ0v) is 14.4. The zero-order valence-electron chi connectivity index (χ0n) is 14.4. The number of carboxylic acids is 1. The third-order valence-electron chi connectivity index (χ3n) is 4.12. The summed E-state index contributed by atoms with van der Waals surface area (Å²) in [7, 11) is 0. The highest BCUT2D eigenvalue weighted by molar-refractivity contribution is 5.97. The third-order valence-corrected chi connectivity index (χ3v) is 4.12. The first-order valence-electron chi connectivity index (χ1n) is 7.98. The smallest absolute Gasteiger partial charge is 0.331 e. The summed E-state index contributed by atoms with van der Waals surface area (Å²) in [6.07, 6.45) is 3.09. The van der Waals surface area contributed by atoms with Crippen LogP contribution in [0.25, 0.3) is 0 Å². The van der Waals surface area contributed by atoms with E-state index >= 15 is 0 Å². The van der Waals surface area contributed by atoms with Gasteiger partial charge < -0.3 is 15.3 Å². The molecule has 8 nitrogen and oxygen atoms in total. The monoisotopic (exact) mass is 336 g/mol. The quantitative estimate of drug-likeness (QED) is 0.811. The van der Waals surface area contributed by atoms with Gasteiger partial charge in [-0.1, -0.05) is 13.8 Å². The number of nitrogens with one attached hydrogen (secondary N) is 1. The standard InChI is InChI=1S/C16H24N4O4/c1-10(2)7-19-8-11(5-13(19)21)14(22)18-12-6-17-20(9-12)16(3,4)15(23)24/h6,9-11H,5,7-8H2,1-4H3,(H,18,22)(H,23,24). The maximum absolute atomic E-state index is 12.3. The van der Waals surface area contributed by atoms with Crippen molar-refractivity contribution in [3.05, 3.63) is 12.4 Å². The molecule has 0 saturated carbocycles. The van der Waals surface area contributed by atoms with Crippen LogP contribution in [0.1, 0.15) is 34.1 Å². The molecule has 0 aromatic carbocycles. The van der Waals surface area contributed by atoms with Crippen LogP contribution in [-0.4, -0.2) is 50.7 Å². The number of hydrogen-bond acceptors (Lipinski definition) is 4. The van der Waals surface area contributed by atoms with Crippen molar-refractivity contribution in [3.8, 4) is 0 Å². The van der Waals surface area contributed by atoms with Gasteiger partial charge in [0, 0.05) is 25.7 Å². The maximum Gasteiger partial charge on any atom is 0.331 e. The highest BCUT2D eigenvalue weighted by Crippen LogP contribution is 2.22. The van der Waals surface area contributed by atoms with E-state index in [9.17, 15) is 19.5 Å². The molecule has 1 aliphatic heterocycles. The summed E-state index contributed by atoms with van der Waals surface area (Å²) < 4.78 is 1.29. The van der Waals surface area contributed by atoms with Crippen molar-refractivity contribution < 1.29 is 19.5 Å². The number of aromatic nitrogens is 2. The fourth-order valence-electron chi connectivity index (χ4n) is 2.60. The van der Waals surface area contributed by atoms with Crippen molar-refractivity contribution in [2.75, 3.05) is 18.4 Å². The number of amides is 2. The largest absolute Gasteiger partial charge is 0.479 e. The van der Waals surface area contributed by atoms with E-state index in [0.29, 0.717) is 24.7 Å². The molecule has 0 bridgehead atoms. The van der Waals surface area contributed by atoms with Crippen molar-refractivity contribution in [3.63, 3.8) is 0 Å². The summed E-state index contributed by atoms with van der Waals surface area (Å²) in [6.45, 7) is 8.16. The fourth-order valence-corrected chi connectivity index (χ4v) is 2.60. The van der Waals surface area contributed by atoms with Crippen LogP contribution in [0.3, 0.4) is 0 Å². The number of rotatable bonds is 6. The molecule has 8 heteroatoms. The number of carboxylic acid groups (broad SMARTS) is 1. The van der Waals surface area contributed by atoms with Gasteiger partial charge in [-0.3, -0.25) is 14.3 Å². The van der Waals surface area contributed by atoms with Crippen LogP contribution in [0.2, 0.25) is 0 Å². The van der Waals surface area contributed by atoms with Crippen LogP contribution >= 0.6 is 0 Å². The summed E-state index contributed by atoms with van der Waals surface area (Å²) in [5.41, 5.74) is -0.788. The van der Waals surface area contributed by atoms with Gasteiger partial charge >= 0.3 is 5.97 Å². The van der Waals surface area contributed by atoms with E-state index in [1.54, 1.807) is 4.90 Å². The summed E-state index contributed by atoms with van der Waals surface area (Å²) in [5.74, 6) is -1.32. The molecule has 2 rings (SSSR count). The first-order valence-corrected chi connectivity index (χ1v) is 7.98.